The van der Waals surface area contributed by atoms with Gasteiger partial charge in [0.15, 0.2) is 9.84 Å². The van der Waals surface area contributed by atoms with Gasteiger partial charge >= 0.3 is 0 Å². The molecule has 0 bridgehead atoms. The van der Waals surface area contributed by atoms with Gasteiger partial charge in [0, 0.05) is 17.1 Å². The molecule has 0 aliphatic carbocycles. The van der Waals surface area contributed by atoms with E-state index in [1.165, 1.54) is 12.1 Å². The largest absolute Gasteiger partial charge is 0.394 e. The fourth-order valence-electron chi connectivity index (χ4n) is 2.45. The third-order valence-electron chi connectivity index (χ3n) is 3.64. The van der Waals surface area contributed by atoms with Crippen LogP contribution in [-0.2, 0) is 19.9 Å². The third-order valence-corrected chi connectivity index (χ3v) is 7.85. The van der Waals surface area contributed by atoms with Crippen LogP contribution in [0.1, 0.15) is 6.42 Å². The molecule has 23 heavy (non-hydrogen) atoms. The average molecular weight is 428 g/mol. The molecule has 130 valence electrons. The molecule has 0 radical (unpaired) electrons. The lowest BCUT2D eigenvalue weighted by atomic mass is 10.2. The monoisotopic (exact) mass is 427 g/mol. The lowest BCUT2D eigenvalue weighted by molar-refractivity contribution is 0.0730. The van der Waals surface area contributed by atoms with Gasteiger partial charge in [-0.2, -0.15) is 4.31 Å². The van der Waals surface area contributed by atoms with Crippen molar-refractivity contribution in [3.63, 3.8) is 0 Å². The van der Waals surface area contributed by atoms with E-state index >= 15 is 0 Å². The Labute approximate surface area is 144 Å². The average Bonchev–Trinajstić information content (AvgIpc) is 2.84. The molecule has 1 saturated heterocycles. The van der Waals surface area contributed by atoms with E-state index in [9.17, 15) is 21.9 Å². The second-order valence-electron chi connectivity index (χ2n) is 5.42. The molecule has 0 spiro atoms. The maximum atomic E-state index is 12.8. The van der Waals surface area contributed by atoms with E-state index in [4.69, 9.17) is 5.11 Å². The number of aliphatic hydroxyl groups is 2. The van der Waals surface area contributed by atoms with Gasteiger partial charge in [-0.05, 0) is 30.7 Å². The highest BCUT2D eigenvalue weighted by Gasteiger charge is 2.39. The summed E-state index contributed by atoms with van der Waals surface area (Å²) in [7, 11) is -7.27. The van der Waals surface area contributed by atoms with Crippen LogP contribution >= 0.6 is 15.9 Å². The molecule has 0 saturated carbocycles. The van der Waals surface area contributed by atoms with E-state index in [2.05, 4.69) is 15.9 Å². The molecule has 1 aromatic carbocycles. The molecule has 7 nitrogen and oxygen atoms in total. The molecule has 1 aliphatic heterocycles. The van der Waals surface area contributed by atoms with Crippen LogP contribution in [0.5, 0.6) is 0 Å². The quantitative estimate of drug-likeness (QED) is 0.659. The molecule has 0 unspecified atom stereocenters. The molecule has 1 heterocycles. The second kappa shape index (κ2) is 7.16. The molecule has 2 N–H and O–H groups in total. The topological polar surface area (TPSA) is 112 Å². The fourth-order valence-corrected chi connectivity index (χ4v) is 6.23. The van der Waals surface area contributed by atoms with Gasteiger partial charge in [0.2, 0.25) is 10.0 Å². The first-order valence-electron chi connectivity index (χ1n) is 6.92. The van der Waals surface area contributed by atoms with Gasteiger partial charge in [0.1, 0.15) is 0 Å². The Hall–Kier alpha value is -0.520. The van der Waals surface area contributed by atoms with Crippen LogP contribution < -0.4 is 0 Å². The van der Waals surface area contributed by atoms with Crippen molar-refractivity contribution in [2.75, 3.05) is 24.7 Å². The Morgan fingerprint density at radius 2 is 1.91 bits per heavy atom. The molecular weight excluding hydrogens is 410 g/mol. The standard InChI is InChI=1S/C13H18BrNO6S2/c14-10-1-3-13(4-2-10)23(20,21)15(7-12(17)8-16)11-5-6-22(18,19)9-11/h1-4,11-12,16-17H,5-9H2/t11-,12-/m1/s1. The van der Waals surface area contributed by atoms with Crippen LogP contribution in [0.25, 0.3) is 0 Å². The summed E-state index contributed by atoms with van der Waals surface area (Å²) in [5, 5.41) is 18.7. The highest BCUT2D eigenvalue weighted by molar-refractivity contribution is 9.10. The van der Waals surface area contributed by atoms with Crippen molar-refractivity contribution in [2.24, 2.45) is 0 Å². The summed E-state index contributed by atoms with van der Waals surface area (Å²) in [5.74, 6) is -0.361. The number of hydrogen-bond acceptors (Lipinski definition) is 6. The number of aliphatic hydroxyl groups excluding tert-OH is 2. The van der Waals surface area contributed by atoms with Crippen molar-refractivity contribution in [3.05, 3.63) is 28.7 Å². The number of rotatable bonds is 6. The van der Waals surface area contributed by atoms with Crippen LogP contribution in [0.15, 0.2) is 33.6 Å². The van der Waals surface area contributed by atoms with E-state index < -0.39 is 38.6 Å². The van der Waals surface area contributed by atoms with Crippen molar-refractivity contribution < 1.29 is 27.0 Å². The number of hydrogen-bond donors (Lipinski definition) is 2. The van der Waals surface area contributed by atoms with Crippen LogP contribution in [0.2, 0.25) is 0 Å². The van der Waals surface area contributed by atoms with Crippen molar-refractivity contribution in [1.29, 1.82) is 0 Å². The Bertz CT molecular complexity index is 747. The summed E-state index contributed by atoms with van der Waals surface area (Å²) < 4.78 is 50.7. The van der Waals surface area contributed by atoms with E-state index in [1.807, 2.05) is 0 Å². The third kappa shape index (κ3) is 4.52. The Morgan fingerprint density at radius 1 is 1.30 bits per heavy atom. The highest BCUT2D eigenvalue weighted by Crippen LogP contribution is 2.26. The Kier molecular flexibility index (Phi) is 5.85. The molecule has 2 rings (SSSR count). The number of sulfonamides is 1. The minimum atomic E-state index is -3.98. The lowest BCUT2D eigenvalue weighted by Gasteiger charge is -2.28. The van der Waals surface area contributed by atoms with Gasteiger partial charge in [-0.3, -0.25) is 0 Å². The molecule has 1 fully saturated rings. The molecule has 10 heteroatoms. The summed E-state index contributed by atoms with van der Waals surface area (Å²) in [6, 6.07) is 5.20. The minimum Gasteiger partial charge on any atom is -0.394 e. The van der Waals surface area contributed by atoms with E-state index in [0.717, 1.165) is 4.31 Å². The van der Waals surface area contributed by atoms with E-state index in [-0.39, 0.29) is 29.4 Å². The Morgan fingerprint density at radius 3 is 2.39 bits per heavy atom. The first-order valence-corrected chi connectivity index (χ1v) is 11.0. The summed E-state index contributed by atoms with van der Waals surface area (Å²) in [6.45, 7) is -0.957. The number of sulfone groups is 1. The predicted molar refractivity (Wildman–Crippen MR) is 88.2 cm³/mol. The summed E-state index contributed by atoms with van der Waals surface area (Å²) >= 11 is 3.22. The van der Waals surface area contributed by atoms with Gasteiger partial charge in [0.25, 0.3) is 0 Å². The van der Waals surface area contributed by atoms with Crippen molar-refractivity contribution in [2.45, 2.75) is 23.5 Å². The van der Waals surface area contributed by atoms with Crippen molar-refractivity contribution in [1.82, 2.24) is 4.31 Å². The molecule has 0 aromatic heterocycles. The van der Waals surface area contributed by atoms with Crippen molar-refractivity contribution in [3.8, 4) is 0 Å². The zero-order valence-corrected chi connectivity index (χ0v) is 15.4. The van der Waals surface area contributed by atoms with Gasteiger partial charge in [-0.15, -0.1) is 0 Å². The van der Waals surface area contributed by atoms with Crippen molar-refractivity contribution >= 4 is 35.8 Å². The predicted octanol–water partition coefficient (Wildman–Crippen LogP) is -0.0199. The molecule has 0 amide bonds. The van der Waals surface area contributed by atoms with Gasteiger partial charge in [-0.25, -0.2) is 16.8 Å². The van der Waals surface area contributed by atoms with Crippen LogP contribution in [0, 0.1) is 0 Å². The zero-order chi connectivity index (χ0) is 17.3. The molecular formula is C13H18BrNO6S2. The van der Waals surface area contributed by atoms with Gasteiger partial charge in [0.05, 0.1) is 29.1 Å². The summed E-state index contributed by atoms with van der Waals surface area (Å²) in [4.78, 5) is 0.00939. The summed E-state index contributed by atoms with van der Waals surface area (Å²) in [6.07, 6.45) is -1.10. The maximum absolute atomic E-state index is 12.8. The second-order valence-corrected chi connectivity index (χ2v) is 10.5. The SMILES string of the molecule is O=S1(=O)CC[C@@H](N(C[C@@H](O)CO)S(=O)(=O)c2ccc(Br)cc2)C1. The van der Waals surface area contributed by atoms with Crippen LogP contribution in [0.4, 0.5) is 0 Å². The first kappa shape index (κ1) is 18.8. The maximum Gasteiger partial charge on any atom is 0.243 e. The fraction of sp³-hybridized carbons (Fsp3) is 0.538. The van der Waals surface area contributed by atoms with Gasteiger partial charge in [-0.1, -0.05) is 15.9 Å². The van der Waals surface area contributed by atoms with E-state index in [1.54, 1.807) is 12.1 Å². The number of benzene rings is 1. The minimum absolute atomic E-state index is 0.00939. The van der Waals surface area contributed by atoms with Gasteiger partial charge < -0.3 is 10.2 Å². The zero-order valence-electron chi connectivity index (χ0n) is 12.2. The van der Waals surface area contributed by atoms with Crippen LogP contribution in [-0.4, -0.2) is 68.2 Å². The lowest BCUT2D eigenvalue weighted by Crippen LogP contribution is -2.46. The van der Waals surface area contributed by atoms with E-state index in [0.29, 0.717) is 4.47 Å². The molecule has 2 atom stereocenters. The highest BCUT2D eigenvalue weighted by atomic mass is 79.9. The number of nitrogens with zero attached hydrogens (tertiary/aromatic N) is 1. The first-order chi connectivity index (χ1) is 10.7. The summed E-state index contributed by atoms with van der Waals surface area (Å²) in [5.41, 5.74) is 0. The Balaban J connectivity index is 2.37. The molecule has 1 aromatic rings. The molecule has 1 aliphatic rings. The van der Waals surface area contributed by atoms with Crippen LogP contribution in [0.3, 0.4) is 0 Å². The normalized spacial score (nSPS) is 22.3. The smallest absolute Gasteiger partial charge is 0.243 e. The number of halogens is 1.